The SMILES string of the molecule is CC1(C)C(=O)NCCN1C(=O)[C@@H]1Cc2ccccc2N1. The summed E-state index contributed by atoms with van der Waals surface area (Å²) in [4.78, 5) is 26.3. The molecule has 1 aromatic carbocycles. The van der Waals surface area contributed by atoms with Crippen LogP contribution in [-0.4, -0.2) is 41.4 Å². The van der Waals surface area contributed by atoms with Gasteiger partial charge in [-0.25, -0.2) is 0 Å². The summed E-state index contributed by atoms with van der Waals surface area (Å²) in [5.41, 5.74) is 1.39. The highest BCUT2D eigenvalue weighted by molar-refractivity contribution is 5.95. The first kappa shape index (κ1) is 13.0. The van der Waals surface area contributed by atoms with Gasteiger partial charge in [-0.1, -0.05) is 18.2 Å². The van der Waals surface area contributed by atoms with E-state index in [-0.39, 0.29) is 17.9 Å². The Kier molecular flexibility index (Phi) is 2.92. The smallest absolute Gasteiger partial charge is 0.246 e. The van der Waals surface area contributed by atoms with Crippen LogP contribution >= 0.6 is 0 Å². The predicted molar refractivity (Wildman–Crippen MR) is 76.4 cm³/mol. The normalized spacial score (nSPS) is 23.8. The van der Waals surface area contributed by atoms with Gasteiger partial charge in [-0.05, 0) is 25.5 Å². The minimum absolute atomic E-state index is 0.000972. The van der Waals surface area contributed by atoms with E-state index in [1.54, 1.807) is 18.7 Å². The lowest BCUT2D eigenvalue weighted by molar-refractivity contribution is -0.149. The Labute approximate surface area is 118 Å². The van der Waals surface area contributed by atoms with Crippen LogP contribution in [0.25, 0.3) is 0 Å². The summed E-state index contributed by atoms with van der Waals surface area (Å²) in [6.07, 6.45) is 0.684. The highest BCUT2D eigenvalue weighted by Crippen LogP contribution is 2.28. The van der Waals surface area contributed by atoms with Crippen LogP contribution in [0.2, 0.25) is 0 Å². The number of nitrogens with one attached hydrogen (secondary N) is 2. The summed E-state index contributed by atoms with van der Waals surface area (Å²) in [5.74, 6) is -0.0892. The number of amides is 2. The van der Waals surface area contributed by atoms with E-state index in [1.165, 1.54) is 0 Å². The monoisotopic (exact) mass is 273 g/mol. The summed E-state index contributed by atoms with van der Waals surface area (Å²) in [7, 11) is 0. The molecule has 0 unspecified atom stereocenters. The van der Waals surface area contributed by atoms with Gasteiger partial charge >= 0.3 is 0 Å². The molecule has 1 aromatic rings. The molecule has 2 heterocycles. The molecule has 5 heteroatoms. The molecule has 3 rings (SSSR count). The molecule has 0 radical (unpaired) electrons. The highest BCUT2D eigenvalue weighted by atomic mass is 16.2. The molecule has 5 nitrogen and oxygen atoms in total. The molecule has 1 atom stereocenters. The summed E-state index contributed by atoms with van der Waals surface area (Å²) < 4.78 is 0. The number of fused-ring (bicyclic) bond motifs is 1. The number of nitrogens with zero attached hydrogens (tertiary/aromatic N) is 1. The van der Waals surface area contributed by atoms with Crippen LogP contribution < -0.4 is 10.6 Å². The van der Waals surface area contributed by atoms with Crippen LogP contribution in [0.4, 0.5) is 5.69 Å². The van der Waals surface area contributed by atoms with E-state index in [0.29, 0.717) is 19.5 Å². The number of piperazine rings is 1. The minimum atomic E-state index is -0.786. The van der Waals surface area contributed by atoms with Crippen LogP contribution in [0.5, 0.6) is 0 Å². The topological polar surface area (TPSA) is 61.4 Å². The number of carbonyl (C=O) groups is 2. The Morgan fingerprint density at radius 2 is 2.10 bits per heavy atom. The third kappa shape index (κ3) is 1.94. The highest BCUT2D eigenvalue weighted by Gasteiger charge is 2.43. The average Bonchev–Trinajstić information content (AvgIpc) is 2.85. The van der Waals surface area contributed by atoms with Crippen LogP contribution in [0.15, 0.2) is 24.3 Å². The number of hydrogen-bond acceptors (Lipinski definition) is 3. The van der Waals surface area contributed by atoms with Gasteiger partial charge in [0.05, 0.1) is 0 Å². The van der Waals surface area contributed by atoms with Gasteiger partial charge in [-0.15, -0.1) is 0 Å². The fourth-order valence-corrected chi connectivity index (χ4v) is 2.92. The molecule has 20 heavy (non-hydrogen) atoms. The number of hydrogen-bond donors (Lipinski definition) is 2. The van der Waals surface area contributed by atoms with E-state index in [9.17, 15) is 9.59 Å². The van der Waals surface area contributed by atoms with Gasteiger partial charge in [-0.2, -0.15) is 0 Å². The molecular formula is C15H19N3O2. The maximum atomic E-state index is 12.7. The lowest BCUT2D eigenvalue weighted by Gasteiger charge is -2.42. The molecule has 2 N–H and O–H groups in total. The van der Waals surface area contributed by atoms with Gasteiger partial charge in [0.2, 0.25) is 11.8 Å². The number of benzene rings is 1. The zero-order valence-corrected chi connectivity index (χ0v) is 11.8. The van der Waals surface area contributed by atoms with E-state index in [2.05, 4.69) is 10.6 Å². The van der Waals surface area contributed by atoms with Gasteiger partial charge in [0, 0.05) is 25.2 Å². The molecular weight excluding hydrogens is 254 g/mol. The van der Waals surface area contributed by atoms with Gasteiger partial charge in [0.15, 0.2) is 0 Å². The molecule has 0 bridgehead atoms. The van der Waals surface area contributed by atoms with Crippen LogP contribution in [0.3, 0.4) is 0 Å². The Balaban J connectivity index is 1.79. The standard InChI is InChI=1S/C15H19N3O2/c1-15(2)14(20)16-7-8-18(15)13(19)12-9-10-5-3-4-6-11(10)17-12/h3-6,12,17H,7-9H2,1-2H3,(H,16,20)/t12-/m0/s1. The van der Waals surface area contributed by atoms with Crippen molar-refractivity contribution < 1.29 is 9.59 Å². The largest absolute Gasteiger partial charge is 0.373 e. The molecule has 2 aliphatic heterocycles. The van der Waals surface area contributed by atoms with E-state index in [0.717, 1.165) is 11.3 Å². The second kappa shape index (κ2) is 4.51. The quantitative estimate of drug-likeness (QED) is 0.794. The molecule has 106 valence electrons. The summed E-state index contributed by atoms with van der Waals surface area (Å²) in [6, 6.07) is 7.68. The second-order valence-electron chi connectivity index (χ2n) is 5.86. The number of carbonyl (C=O) groups excluding carboxylic acids is 2. The molecule has 1 saturated heterocycles. The second-order valence-corrected chi connectivity index (χ2v) is 5.86. The third-order valence-electron chi connectivity index (χ3n) is 4.19. The van der Waals surface area contributed by atoms with Gasteiger partial charge < -0.3 is 15.5 Å². The van der Waals surface area contributed by atoms with Crippen molar-refractivity contribution in [3.8, 4) is 0 Å². The van der Waals surface area contributed by atoms with Crippen molar-refractivity contribution in [1.29, 1.82) is 0 Å². The summed E-state index contributed by atoms with van der Waals surface area (Å²) >= 11 is 0. The van der Waals surface area contributed by atoms with Crippen molar-refractivity contribution >= 4 is 17.5 Å². The predicted octanol–water partition coefficient (Wildman–Crippen LogP) is 0.760. The van der Waals surface area contributed by atoms with Gasteiger partial charge in [0.25, 0.3) is 0 Å². The van der Waals surface area contributed by atoms with Crippen LogP contribution in [0.1, 0.15) is 19.4 Å². The third-order valence-corrected chi connectivity index (χ3v) is 4.19. The van der Waals surface area contributed by atoms with Crippen LogP contribution in [-0.2, 0) is 16.0 Å². The van der Waals surface area contributed by atoms with Gasteiger partial charge in [0.1, 0.15) is 11.6 Å². The Hall–Kier alpha value is -2.04. The fraction of sp³-hybridized carbons (Fsp3) is 0.467. The zero-order chi connectivity index (χ0) is 14.3. The van der Waals surface area contributed by atoms with E-state index in [4.69, 9.17) is 0 Å². The van der Waals surface area contributed by atoms with Crippen molar-refractivity contribution in [2.24, 2.45) is 0 Å². The summed E-state index contributed by atoms with van der Waals surface area (Å²) in [5, 5.41) is 6.07. The van der Waals surface area contributed by atoms with E-state index in [1.807, 2.05) is 24.3 Å². The molecule has 2 aliphatic rings. The Morgan fingerprint density at radius 3 is 2.85 bits per heavy atom. The molecule has 2 amide bonds. The number of anilines is 1. The van der Waals surface area contributed by atoms with Crippen LogP contribution in [0, 0.1) is 0 Å². The molecule has 0 spiro atoms. The Bertz CT molecular complexity index is 543. The van der Waals surface area contributed by atoms with Gasteiger partial charge in [-0.3, -0.25) is 9.59 Å². The van der Waals surface area contributed by atoms with Crippen molar-refractivity contribution in [2.45, 2.75) is 31.8 Å². The maximum absolute atomic E-state index is 12.7. The van der Waals surface area contributed by atoms with Crippen molar-refractivity contribution in [3.05, 3.63) is 29.8 Å². The van der Waals surface area contributed by atoms with Crippen molar-refractivity contribution in [2.75, 3.05) is 18.4 Å². The summed E-state index contributed by atoms with van der Waals surface area (Å²) in [6.45, 7) is 4.67. The van der Waals surface area contributed by atoms with E-state index >= 15 is 0 Å². The Morgan fingerprint density at radius 1 is 1.35 bits per heavy atom. The van der Waals surface area contributed by atoms with Crippen molar-refractivity contribution in [1.82, 2.24) is 10.2 Å². The molecule has 0 saturated carbocycles. The fourth-order valence-electron chi connectivity index (χ4n) is 2.92. The van der Waals surface area contributed by atoms with E-state index < -0.39 is 5.54 Å². The maximum Gasteiger partial charge on any atom is 0.246 e. The minimum Gasteiger partial charge on any atom is -0.373 e. The molecule has 0 aromatic heterocycles. The first-order chi connectivity index (χ1) is 9.50. The molecule has 0 aliphatic carbocycles. The lowest BCUT2D eigenvalue weighted by atomic mass is 9.97. The average molecular weight is 273 g/mol. The molecule has 1 fully saturated rings. The van der Waals surface area contributed by atoms with Crippen molar-refractivity contribution in [3.63, 3.8) is 0 Å². The number of rotatable bonds is 1. The zero-order valence-electron chi connectivity index (χ0n) is 11.8. The number of para-hydroxylation sites is 1. The first-order valence-corrected chi connectivity index (χ1v) is 6.94. The lowest BCUT2D eigenvalue weighted by Crippen LogP contribution is -2.65. The first-order valence-electron chi connectivity index (χ1n) is 6.94.